The molecule has 38 heavy (non-hydrogen) atoms. The SMILES string of the molecule is CC(=O)c1c(C2CC3CC[C@@H](C2)N3C(=O)C(N)=O)nc2c(-c3ccc(-c4ccccc4)nc3)cnn2c1N. The highest BCUT2D eigenvalue weighted by Crippen LogP contribution is 2.44. The van der Waals surface area contributed by atoms with Crippen LogP contribution in [0.4, 0.5) is 5.82 Å². The molecule has 3 atom stereocenters. The van der Waals surface area contributed by atoms with E-state index in [-0.39, 0.29) is 29.6 Å². The molecule has 2 amide bonds. The Morgan fingerprint density at radius 1 is 0.947 bits per heavy atom. The third-order valence-corrected chi connectivity index (χ3v) is 7.77. The Morgan fingerprint density at radius 2 is 1.66 bits per heavy atom. The molecule has 2 bridgehead atoms. The van der Waals surface area contributed by atoms with Crippen LogP contribution in [0, 0.1) is 0 Å². The molecule has 10 nitrogen and oxygen atoms in total. The minimum Gasteiger partial charge on any atom is -0.383 e. The molecule has 4 aromatic rings. The molecule has 0 aliphatic carbocycles. The maximum Gasteiger partial charge on any atom is 0.312 e. The van der Waals surface area contributed by atoms with Crippen LogP contribution < -0.4 is 11.5 Å². The van der Waals surface area contributed by atoms with Crippen LogP contribution in [-0.4, -0.2) is 54.2 Å². The minimum atomic E-state index is -0.940. The van der Waals surface area contributed by atoms with Gasteiger partial charge in [-0.3, -0.25) is 19.4 Å². The van der Waals surface area contributed by atoms with E-state index in [2.05, 4.69) is 10.1 Å². The molecule has 4 N–H and O–H groups in total. The van der Waals surface area contributed by atoms with Crippen molar-refractivity contribution >= 4 is 29.1 Å². The summed E-state index contributed by atoms with van der Waals surface area (Å²) in [5.41, 5.74) is 16.8. The normalized spacial score (nSPS) is 20.6. The van der Waals surface area contributed by atoms with Gasteiger partial charge >= 0.3 is 11.8 Å². The molecule has 2 aliphatic rings. The van der Waals surface area contributed by atoms with Crippen LogP contribution in [-0.2, 0) is 9.59 Å². The number of nitrogens with zero attached hydrogens (tertiary/aromatic N) is 5. The van der Waals surface area contributed by atoms with E-state index in [4.69, 9.17) is 16.5 Å². The van der Waals surface area contributed by atoms with Gasteiger partial charge in [0.05, 0.1) is 23.1 Å². The van der Waals surface area contributed by atoms with Gasteiger partial charge in [-0.15, -0.1) is 0 Å². The number of Topliss-reactive ketones (excluding diaryl/α,β-unsaturated/α-hetero) is 1. The molecule has 5 heterocycles. The number of nitrogens with two attached hydrogens (primary N) is 2. The fourth-order valence-corrected chi connectivity index (χ4v) is 6.08. The number of benzene rings is 1. The van der Waals surface area contributed by atoms with Gasteiger partial charge in [-0.25, -0.2) is 4.98 Å². The van der Waals surface area contributed by atoms with Crippen molar-refractivity contribution < 1.29 is 14.4 Å². The summed E-state index contributed by atoms with van der Waals surface area (Å²) in [7, 11) is 0. The second-order valence-corrected chi connectivity index (χ2v) is 10.0. The molecule has 0 radical (unpaired) electrons. The van der Waals surface area contributed by atoms with E-state index in [1.807, 2.05) is 42.5 Å². The number of ketones is 1. The van der Waals surface area contributed by atoms with E-state index < -0.39 is 11.8 Å². The summed E-state index contributed by atoms with van der Waals surface area (Å²) in [5.74, 6) is -1.64. The van der Waals surface area contributed by atoms with E-state index in [0.29, 0.717) is 29.7 Å². The van der Waals surface area contributed by atoms with Crippen molar-refractivity contribution in [3.8, 4) is 22.4 Å². The number of hydrogen-bond acceptors (Lipinski definition) is 7. The summed E-state index contributed by atoms with van der Waals surface area (Å²) in [5, 5.41) is 4.45. The number of carbonyl (C=O) groups is 3. The smallest absolute Gasteiger partial charge is 0.312 e. The quantitative estimate of drug-likeness (QED) is 0.317. The molecule has 0 spiro atoms. The maximum atomic E-state index is 12.8. The summed E-state index contributed by atoms with van der Waals surface area (Å²) >= 11 is 0. The van der Waals surface area contributed by atoms with E-state index in [1.165, 1.54) is 11.4 Å². The second kappa shape index (κ2) is 9.05. The zero-order valence-corrected chi connectivity index (χ0v) is 20.9. The molecule has 2 aliphatic heterocycles. The van der Waals surface area contributed by atoms with E-state index in [9.17, 15) is 14.4 Å². The standard InChI is InChI=1S/C28H27N7O3/c1-15(36)23-24(18-11-19-8-9-20(12-18)34(19)28(38)26(30)37)33-27-21(14-32-35(27)25(23)29)17-7-10-22(31-13-17)16-5-3-2-4-6-16/h2-7,10,13-14,18-20H,8-9,11-12,29H2,1H3,(H2,30,37)/t18?,19-,20?/m0/s1. The third kappa shape index (κ3) is 3.80. The lowest BCUT2D eigenvalue weighted by atomic mass is 9.85. The Kier molecular flexibility index (Phi) is 5.67. The lowest BCUT2D eigenvalue weighted by molar-refractivity contribution is -0.147. The number of primary amides is 1. The third-order valence-electron chi connectivity index (χ3n) is 7.77. The van der Waals surface area contributed by atoms with Crippen molar-refractivity contribution in [2.45, 2.75) is 50.6 Å². The molecule has 0 saturated carbocycles. The molecule has 2 fully saturated rings. The van der Waals surface area contributed by atoms with Gasteiger partial charge in [-0.1, -0.05) is 36.4 Å². The first-order chi connectivity index (χ1) is 18.3. The highest BCUT2D eigenvalue weighted by Gasteiger charge is 2.46. The van der Waals surface area contributed by atoms with Gasteiger partial charge in [0.1, 0.15) is 5.82 Å². The van der Waals surface area contributed by atoms with Crippen LogP contribution in [0.25, 0.3) is 28.0 Å². The predicted octanol–water partition coefficient (Wildman–Crippen LogP) is 2.97. The van der Waals surface area contributed by atoms with Crippen molar-refractivity contribution in [3.05, 3.63) is 66.1 Å². The van der Waals surface area contributed by atoms with Crippen molar-refractivity contribution in [2.75, 3.05) is 5.73 Å². The molecule has 2 unspecified atom stereocenters. The highest BCUT2D eigenvalue weighted by molar-refractivity contribution is 6.34. The lowest BCUT2D eigenvalue weighted by Crippen LogP contribution is -2.50. The number of fused-ring (bicyclic) bond motifs is 3. The number of rotatable bonds is 4. The average Bonchev–Trinajstić information content (AvgIpc) is 3.46. The Labute approximate surface area is 218 Å². The second-order valence-electron chi connectivity index (χ2n) is 10.0. The van der Waals surface area contributed by atoms with E-state index in [1.54, 1.807) is 17.3 Å². The van der Waals surface area contributed by atoms with Crippen LogP contribution in [0.5, 0.6) is 0 Å². The van der Waals surface area contributed by atoms with Gasteiger partial charge in [0, 0.05) is 40.9 Å². The number of anilines is 1. The Balaban J connectivity index is 1.40. The molecule has 10 heteroatoms. The van der Waals surface area contributed by atoms with Gasteiger partial charge in [0.2, 0.25) is 0 Å². The Hall–Kier alpha value is -4.60. The summed E-state index contributed by atoms with van der Waals surface area (Å²) in [4.78, 5) is 48.0. The first-order valence-electron chi connectivity index (χ1n) is 12.7. The number of nitrogen functional groups attached to an aromatic ring is 1. The van der Waals surface area contributed by atoms with Crippen LogP contribution in [0.2, 0.25) is 0 Å². The number of piperidine rings is 1. The number of amides is 2. The van der Waals surface area contributed by atoms with Gasteiger partial charge in [-0.05, 0) is 38.7 Å². The van der Waals surface area contributed by atoms with Crippen molar-refractivity contribution in [2.24, 2.45) is 5.73 Å². The summed E-state index contributed by atoms with van der Waals surface area (Å²) < 4.78 is 1.50. The lowest BCUT2D eigenvalue weighted by Gasteiger charge is -2.38. The summed E-state index contributed by atoms with van der Waals surface area (Å²) in [6, 6.07) is 13.6. The summed E-state index contributed by atoms with van der Waals surface area (Å²) in [6.45, 7) is 1.47. The van der Waals surface area contributed by atoms with Gasteiger partial charge in [-0.2, -0.15) is 9.61 Å². The highest BCUT2D eigenvalue weighted by atomic mass is 16.2. The van der Waals surface area contributed by atoms with Gasteiger partial charge < -0.3 is 16.4 Å². The van der Waals surface area contributed by atoms with Crippen LogP contribution in [0.3, 0.4) is 0 Å². The monoisotopic (exact) mass is 509 g/mol. The minimum absolute atomic E-state index is 0.100. The molecule has 192 valence electrons. The fraction of sp³-hybridized carbons (Fsp3) is 0.286. The van der Waals surface area contributed by atoms with Crippen LogP contribution in [0.15, 0.2) is 54.9 Å². The van der Waals surface area contributed by atoms with Crippen LogP contribution >= 0.6 is 0 Å². The topological polar surface area (TPSA) is 150 Å². The Bertz CT molecular complexity index is 1570. The number of carbonyl (C=O) groups excluding carboxylic acids is 3. The first kappa shape index (κ1) is 23.8. The average molecular weight is 510 g/mol. The fourth-order valence-electron chi connectivity index (χ4n) is 6.08. The molecule has 2 saturated heterocycles. The zero-order chi connectivity index (χ0) is 26.6. The number of hydrogen-bond donors (Lipinski definition) is 2. The van der Waals surface area contributed by atoms with Crippen molar-refractivity contribution in [1.82, 2.24) is 24.5 Å². The summed E-state index contributed by atoms with van der Waals surface area (Å²) in [6.07, 6.45) is 6.19. The van der Waals surface area contributed by atoms with E-state index in [0.717, 1.165) is 35.2 Å². The van der Waals surface area contributed by atoms with E-state index >= 15 is 0 Å². The van der Waals surface area contributed by atoms with Crippen molar-refractivity contribution in [1.29, 1.82) is 0 Å². The van der Waals surface area contributed by atoms with Crippen LogP contribution in [0.1, 0.15) is 54.6 Å². The first-order valence-corrected chi connectivity index (χ1v) is 12.7. The van der Waals surface area contributed by atoms with Gasteiger partial charge in [0.15, 0.2) is 11.4 Å². The maximum absolute atomic E-state index is 12.8. The molecule has 1 aromatic carbocycles. The molecule has 3 aromatic heterocycles. The molecule has 6 rings (SSSR count). The van der Waals surface area contributed by atoms with Gasteiger partial charge in [0.25, 0.3) is 0 Å². The molecular formula is C28H27N7O3. The number of aromatic nitrogens is 4. The largest absolute Gasteiger partial charge is 0.383 e. The van der Waals surface area contributed by atoms with Crippen molar-refractivity contribution in [3.63, 3.8) is 0 Å². The zero-order valence-electron chi connectivity index (χ0n) is 20.9. The Morgan fingerprint density at radius 3 is 2.26 bits per heavy atom. The molecular weight excluding hydrogens is 482 g/mol. The number of pyridine rings is 1. The predicted molar refractivity (Wildman–Crippen MR) is 141 cm³/mol.